The summed E-state index contributed by atoms with van der Waals surface area (Å²) in [5.41, 5.74) is 2.54. The number of hydrogen-bond donors (Lipinski definition) is 1. The molecule has 1 aromatic heterocycles. The molecule has 3 aromatic rings. The fraction of sp³-hybridized carbons (Fsp3) is 0.261. The van der Waals surface area contributed by atoms with E-state index in [9.17, 15) is 13.7 Å². The van der Waals surface area contributed by atoms with Gasteiger partial charge in [-0.15, -0.1) is 0 Å². The number of halogens is 1. The van der Waals surface area contributed by atoms with Crippen LogP contribution in [-0.4, -0.2) is 37.8 Å². The van der Waals surface area contributed by atoms with E-state index in [4.69, 9.17) is 21.1 Å². The topological polar surface area (TPSA) is 117 Å². The zero-order chi connectivity index (χ0) is 24.3. The highest BCUT2D eigenvalue weighted by Gasteiger charge is 2.26. The summed E-state index contributed by atoms with van der Waals surface area (Å²) >= 11 is 6.42. The molecular formula is C23H22ClN5O4S. The predicted molar refractivity (Wildman–Crippen MR) is 129 cm³/mol. The van der Waals surface area contributed by atoms with Crippen LogP contribution in [0, 0.1) is 11.3 Å². The molecule has 11 heteroatoms. The smallest absolute Gasteiger partial charge is 0.236 e. The van der Waals surface area contributed by atoms with Crippen LogP contribution in [0.1, 0.15) is 24.1 Å². The summed E-state index contributed by atoms with van der Waals surface area (Å²) in [6.45, 7) is 0.139. The van der Waals surface area contributed by atoms with Crippen LogP contribution >= 0.6 is 11.6 Å². The van der Waals surface area contributed by atoms with Crippen molar-refractivity contribution in [2.45, 2.75) is 25.6 Å². The lowest BCUT2D eigenvalue weighted by Crippen LogP contribution is -2.13. The van der Waals surface area contributed by atoms with Crippen LogP contribution < -0.4 is 19.1 Å². The van der Waals surface area contributed by atoms with Gasteiger partial charge in [0.05, 0.1) is 28.6 Å². The van der Waals surface area contributed by atoms with Crippen LogP contribution in [0.5, 0.6) is 11.5 Å². The molecule has 1 N–H and O–H groups in total. The third-order valence-corrected chi connectivity index (χ3v) is 5.78. The molecule has 9 nitrogen and oxygen atoms in total. The fourth-order valence-electron chi connectivity index (χ4n) is 3.09. The van der Waals surface area contributed by atoms with Gasteiger partial charge in [0.2, 0.25) is 16.0 Å². The van der Waals surface area contributed by atoms with Gasteiger partial charge in [-0.1, -0.05) is 11.6 Å². The molecule has 0 atom stereocenters. The van der Waals surface area contributed by atoms with Gasteiger partial charge >= 0.3 is 0 Å². The second kappa shape index (κ2) is 9.75. The largest absolute Gasteiger partial charge is 0.487 e. The first-order valence-corrected chi connectivity index (χ1v) is 12.7. The summed E-state index contributed by atoms with van der Waals surface area (Å²) in [6, 6.07) is 14.7. The molecule has 1 aliphatic carbocycles. The summed E-state index contributed by atoms with van der Waals surface area (Å²) in [7, 11) is -1.59. The van der Waals surface area contributed by atoms with E-state index in [1.165, 1.54) is 6.20 Å². The van der Waals surface area contributed by atoms with E-state index in [0.29, 0.717) is 27.8 Å². The summed E-state index contributed by atoms with van der Waals surface area (Å²) < 4.78 is 36.5. The second-order valence-corrected chi connectivity index (χ2v) is 9.98. The molecule has 0 amide bonds. The normalized spacial score (nSPS) is 13.1. The monoisotopic (exact) mass is 499 g/mol. The van der Waals surface area contributed by atoms with E-state index in [2.05, 4.69) is 20.8 Å². The molecule has 0 aliphatic heterocycles. The number of rotatable bonds is 9. The minimum absolute atomic E-state index is 0.00970. The molecule has 34 heavy (non-hydrogen) atoms. The summed E-state index contributed by atoms with van der Waals surface area (Å²) in [5, 5.41) is 9.95. The third-order valence-electron chi connectivity index (χ3n) is 4.95. The number of anilines is 3. The van der Waals surface area contributed by atoms with E-state index < -0.39 is 10.0 Å². The maximum absolute atomic E-state index is 11.3. The number of nitriles is 1. The molecule has 0 bridgehead atoms. The number of benzene rings is 2. The highest BCUT2D eigenvalue weighted by Crippen LogP contribution is 2.38. The Morgan fingerprint density at radius 3 is 2.59 bits per heavy atom. The maximum atomic E-state index is 11.3. The predicted octanol–water partition coefficient (Wildman–Crippen LogP) is 4.26. The van der Waals surface area contributed by atoms with Crippen LogP contribution in [0.2, 0.25) is 5.02 Å². The number of aromatic nitrogens is 2. The molecule has 1 aliphatic rings. The number of hydrogen-bond acceptors (Lipinski definition) is 8. The van der Waals surface area contributed by atoms with Gasteiger partial charge in [0.1, 0.15) is 18.4 Å². The summed E-state index contributed by atoms with van der Waals surface area (Å²) in [5.74, 6) is 1.04. The van der Waals surface area contributed by atoms with Gasteiger partial charge in [0, 0.05) is 24.6 Å². The molecule has 1 heterocycles. The average molecular weight is 500 g/mol. The Hall–Kier alpha value is -3.55. The van der Waals surface area contributed by atoms with Crippen molar-refractivity contribution in [2.24, 2.45) is 0 Å². The SMILES string of the molecule is CN(c1ccc(OCc2ccnc(NS(C)(=O)=O)n2)cc1)c1cc(Cl)c(OC2CC2)c(C#N)c1. The lowest BCUT2D eigenvalue weighted by molar-refractivity contribution is 0.301. The van der Waals surface area contributed by atoms with Crippen molar-refractivity contribution in [1.82, 2.24) is 9.97 Å². The van der Waals surface area contributed by atoms with Crippen molar-refractivity contribution in [3.8, 4) is 17.6 Å². The van der Waals surface area contributed by atoms with Gasteiger partial charge in [-0.25, -0.2) is 18.4 Å². The Kier molecular flexibility index (Phi) is 6.77. The van der Waals surface area contributed by atoms with Crippen LogP contribution in [-0.2, 0) is 16.6 Å². The van der Waals surface area contributed by atoms with E-state index in [1.54, 1.807) is 30.3 Å². The van der Waals surface area contributed by atoms with Crippen molar-refractivity contribution in [2.75, 3.05) is 22.9 Å². The van der Waals surface area contributed by atoms with Crippen molar-refractivity contribution in [1.29, 1.82) is 5.26 Å². The second-order valence-electron chi connectivity index (χ2n) is 7.82. The first-order valence-electron chi connectivity index (χ1n) is 10.4. The Bertz CT molecular complexity index is 1340. The number of nitrogens with zero attached hydrogens (tertiary/aromatic N) is 4. The van der Waals surface area contributed by atoms with E-state index in [0.717, 1.165) is 30.5 Å². The first-order chi connectivity index (χ1) is 16.2. The molecule has 2 aromatic carbocycles. The Balaban J connectivity index is 1.43. The standard InChI is InChI=1S/C23H22ClN5O4S/c1-29(18-11-15(13-25)22(21(24)12-18)33-20-7-8-20)17-3-5-19(6-4-17)32-14-16-9-10-26-23(27-16)28-34(2,30)31/h3-6,9-12,20H,7-8,14H2,1-2H3,(H,26,27,28). The van der Waals surface area contributed by atoms with Crippen molar-refractivity contribution in [3.05, 3.63) is 64.9 Å². The van der Waals surface area contributed by atoms with Gasteiger partial charge in [0.15, 0.2) is 5.75 Å². The number of ether oxygens (including phenoxy) is 2. The molecule has 1 saturated carbocycles. The number of sulfonamides is 1. The molecule has 0 spiro atoms. The molecule has 0 unspecified atom stereocenters. The Morgan fingerprint density at radius 2 is 1.94 bits per heavy atom. The lowest BCUT2D eigenvalue weighted by atomic mass is 10.1. The Labute approximate surface area is 203 Å². The van der Waals surface area contributed by atoms with E-state index in [-0.39, 0.29) is 18.7 Å². The molecule has 0 saturated heterocycles. The average Bonchev–Trinajstić information content (AvgIpc) is 3.62. The van der Waals surface area contributed by atoms with Gasteiger partial charge in [-0.3, -0.25) is 4.72 Å². The van der Waals surface area contributed by atoms with Crippen molar-refractivity contribution < 1.29 is 17.9 Å². The third kappa shape index (κ3) is 6.07. The van der Waals surface area contributed by atoms with Gasteiger partial charge in [-0.2, -0.15) is 5.26 Å². The minimum atomic E-state index is -3.46. The van der Waals surface area contributed by atoms with Crippen LogP contribution in [0.3, 0.4) is 0 Å². The van der Waals surface area contributed by atoms with Gasteiger partial charge < -0.3 is 14.4 Å². The maximum Gasteiger partial charge on any atom is 0.236 e. The molecular weight excluding hydrogens is 478 g/mol. The fourth-order valence-corrected chi connectivity index (χ4v) is 3.78. The lowest BCUT2D eigenvalue weighted by Gasteiger charge is -2.21. The van der Waals surface area contributed by atoms with E-state index >= 15 is 0 Å². The van der Waals surface area contributed by atoms with Crippen LogP contribution in [0.25, 0.3) is 0 Å². The molecule has 176 valence electrons. The zero-order valence-corrected chi connectivity index (χ0v) is 20.1. The van der Waals surface area contributed by atoms with Gasteiger partial charge in [-0.05, 0) is 55.3 Å². The number of nitrogens with one attached hydrogen (secondary N) is 1. The van der Waals surface area contributed by atoms with E-state index in [1.807, 2.05) is 24.1 Å². The van der Waals surface area contributed by atoms with Gasteiger partial charge in [0.25, 0.3) is 0 Å². The molecule has 4 rings (SSSR count). The highest BCUT2D eigenvalue weighted by atomic mass is 35.5. The van der Waals surface area contributed by atoms with Crippen molar-refractivity contribution >= 4 is 38.9 Å². The summed E-state index contributed by atoms with van der Waals surface area (Å²) in [6.07, 6.45) is 4.59. The molecule has 0 radical (unpaired) electrons. The minimum Gasteiger partial charge on any atom is -0.487 e. The quantitative estimate of drug-likeness (QED) is 0.464. The van der Waals surface area contributed by atoms with Crippen LogP contribution in [0.15, 0.2) is 48.7 Å². The Morgan fingerprint density at radius 1 is 1.21 bits per heavy atom. The zero-order valence-electron chi connectivity index (χ0n) is 18.5. The highest BCUT2D eigenvalue weighted by molar-refractivity contribution is 7.91. The molecule has 1 fully saturated rings. The van der Waals surface area contributed by atoms with Crippen molar-refractivity contribution in [3.63, 3.8) is 0 Å². The van der Waals surface area contributed by atoms with Crippen LogP contribution in [0.4, 0.5) is 17.3 Å². The summed E-state index contributed by atoms with van der Waals surface area (Å²) in [4.78, 5) is 9.92. The first kappa shape index (κ1) is 23.6.